The van der Waals surface area contributed by atoms with Gasteiger partial charge in [0, 0.05) is 0 Å². The Kier molecular flexibility index (Phi) is 5.11. The molecular weight excluding hydrogens is 391 g/mol. The zero-order valence-electron chi connectivity index (χ0n) is 16.5. The molecule has 0 saturated heterocycles. The molecule has 0 spiro atoms. The Morgan fingerprint density at radius 3 is 1.38 bits per heavy atom. The summed E-state index contributed by atoms with van der Waals surface area (Å²) < 4.78 is -0.164. The van der Waals surface area contributed by atoms with Crippen LogP contribution >= 0.6 is 18.5 Å². The molecule has 2 nitrogen and oxygen atoms in total. The highest BCUT2D eigenvalue weighted by atomic mass is 35.7. The summed E-state index contributed by atoms with van der Waals surface area (Å²) in [6.45, 7) is 14.5. The molecule has 1 aliphatic rings. The largest absolute Gasteiger partial charge is 0.187 e. The predicted octanol–water partition coefficient (Wildman–Crippen LogP) is 7.44. The van der Waals surface area contributed by atoms with Gasteiger partial charge in [-0.25, -0.2) is 0 Å². The summed E-state index contributed by atoms with van der Waals surface area (Å²) in [4.78, 5) is 0. The van der Waals surface area contributed by atoms with E-state index in [0.29, 0.717) is 0 Å². The van der Waals surface area contributed by atoms with Crippen LogP contribution in [0.3, 0.4) is 0 Å². The average molecular weight is 419 g/mol. The first-order chi connectivity index (χ1) is 12.1. The third-order valence-electron chi connectivity index (χ3n) is 5.35. The van der Waals surface area contributed by atoms with Crippen LogP contribution in [-0.4, -0.2) is 20.7 Å². The molecule has 0 aliphatic carbocycles. The van der Waals surface area contributed by atoms with Gasteiger partial charge in [0.25, 0.3) is 0 Å². The van der Waals surface area contributed by atoms with E-state index in [-0.39, 0.29) is 4.53 Å². The minimum atomic E-state index is -1.73. The number of halogens is 1. The SMILES string of the molecule is C[Si](C)(C)C1([Si](C)(C)C)N=NC(c2ccccc2)(c2ccccc2)[P@]1Cl. The van der Waals surface area contributed by atoms with Crippen LogP contribution in [0.5, 0.6) is 0 Å². The van der Waals surface area contributed by atoms with E-state index in [1.165, 1.54) is 0 Å². The number of hydrogen-bond acceptors (Lipinski definition) is 2. The van der Waals surface area contributed by atoms with E-state index in [1.807, 2.05) is 0 Å². The molecular formula is C20H28ClN2PSi2. The zero-order chi connectivity index (χ0) is 19.2. The lowest BCUT2D eigenvalue weighted by Crippen LogP contribution is -2.63. The first-order valence-corrected chi connectivity index (χ1v) is 18.3. The normalized spacial score (nSPS) is 21.7. The van der Waals surface area contributed by atoms with Gasteiger partial charge in [0.1, 0.15) is 0 Å². The topological polar surface area (TPSA) is 24.7 Å². The van der Waals surface area contributed by atoms with Crippen molar-refractivity contribution in [3.05, 3.63) is 71.8 Å². The second-order valence-electron chi connectivity index (χ2n) is 9.06. The summed E-state index contributed by atoms with van der Waals surface area (Å²) in [6, 6.07) is 21.1. The Morgan fingerprint density at radius 2 is 1.08 bits per heavy atom. The minimum absolute atomic E-state index is 0.164. The highest BCUT2D eigenvalue weighted by molar-refractivity contribution is 7.90. The van der Waals surface area contributed by atoms with Crippen LogP contribution in [0.4, 0.5) is 0 Å². The summed E-state index contributed by atoms with van der Waals surface area (Å²) in [7, 11) is -4.49. The fourth-order valence-corrected chi connectivity index (χ4v) is 26.5. The second kappa shape index (κ2) is 6.66. The lowest BCUT2D eigenvalue weighted by molar-refractivity contribution is 0.742. The maximum absolute atomic E-state index is 7.54. The second-order valence-corrected chi connectivity index (χ2v) is 23.7. The molecule has 0 fully saturated rings. The van der Waals surface area contributed by atoms with E-state index in [2.05, 4.69) is 99.9 Å². The van der Waals surface area contributed by atoms with Crippen molar-refractivity contribution in [1.82, 2.24) is 0 Å². The van der Waals surface area contributed by atoms with Gasteiger partial charge in [0.2, 0.25) is 0 Å². The highest BCUT2D eigenvalue weighted by Gasteiger charge is 2.67. The van der Waals surface area contributed by atoms with Gasteiger partial charge in [-0.2, -0.15) is 10.2 Å². The van der Waals surface area contributed by atoms with Gasteiger partial charge in [-0.05, 0) is 11.1 Å². The molecule has 0 bridgehead atoms. The maximum atomic E-state index is 7.54. The Labute approximate surface area is 165 Å². The Morgan fingerprint density at radius 1 is 0.692 bits per heavy atom. The molecule has 26 heavy (non-hydrogen) atoms. The molecule has 1 heterocycles. The van der Waals surface area contributed by atoms with Crippen molar-refractivity contribution >= 4 is 34.7 Å². The predicted molar refractivity (Wildman–Crippen MR) is 121 cm³/mol. The van der Waals surface area contributed by atoms with Crippen molar-refractivity contribution in [2.75, 3.05) is 0 Å². The molecule has 0 N–H and O–H groups in total. The van der Waals surface area contributed by atoms with Crippen LogP contribution in [0, 0.1) is 0 Å². The summed E-state index contributed by atoms with van der Waals surface area (Å²) in [5.74, 6) is 0. The molecule has 0 amide bonds. The van der Waals surface area contributed by atoms with Crippen molar-refractivity contribution in [3.8, 4) is 0 Å². The first kappa shape index (κ1) is 19.9. The third-order valence-corrected chi connectivity index (χ3v) is 23.8. The number of benzene rings is 2. The highest BCUT2D eigenvalue weighted by Crippen LogP contribution is 2.78. The Balaban J connectivity index is 2.31. The van der Waals surface area contributed by atoms with Crippen LogP contribution in [0.1, 0.15) is 11.1 Å². The van der Waals surface area contributed by atoms with E-state index in [4.69, 9.17) is 21.5 Å². The van der Waals surface area contributed by atoms with Crippen molar-refractivity contribution in [2.24, 2.45) is 10.2 Å². The molecule has 1 aliphatic heterocycles. The first-order valence-electron chi connectivity index (χ1n) is 9.08. The van der Waals surface area contributed by atoms with Gasteiger partial charge in [0.05, 0.1) is 27.9 Å². The molecule has 3 rings (SSSR count). The molecule has 6 heteroatoms. The molecule has 0 radical (unpaired) electrons. The quantitative estimate of drug-likeness (QED) is 0.364. The Bertz CT molecular complexity index is 745. The summed E-state index contributed by atoms with van der Waals surface area (Å²) in [6.07, 6.45) is 0. The van der Waals surface area contributed by atoms with E-state index < -0.39 is 28.7 Å². The summed E-state index contributed by atoms with van der Waals surface area (Å²) in [5.41, 5.74) is 2.32. The van der Waals surface area contributed by atoms with Crippen molar-refractivity contribution in [2.45, 2.75) is 49.1 Å². The van der Waals surface area contributed by atoms with Crippen LogP contribution in [-0.2, 0) is 5.28 Å². The van der Waals surface area contributed by atoms with Gasteiger partial charge in [-0.15, -0.1) is 0 Å². The van der Waals surface area contributed by atoms with E-state index in [0.717, 1.165) is 11.1 Å². The molecule has 2 aromatic rings. The minimum Gasteiger partial charge on any atom is -0.187 e. The van der Waals surface area contributed by atoms with E-state index >= 15 is 0 Å². The van der Waals surface area contributed by atoms with E-state index in [1.54, 1.807) is 0 Å². The van der Waals surface area contributed by atoms with Crippen molar-refractivity contribution in [3.63, 3.8) is 0 Å². The monoisotopic (exact) mass is 418 g/mol. The number of rotatable bonds is 4. The van der Waals surface area contributed by atoms with Crippen molar-refractivity contribution in [1.29, 1.82) is 0 Å². The van der Waals surface area contributed by atoms with E-state index in [9.17, 15) is 0 Å². The molecule has 0 unspecified atom stereocenters. The van der Waals surface area contributed by atoms with Gasteiger partial charge in [-0.1, -0.05) is 111 Å². The Hall–Kier alpha value is -0.806. The van der Waals surface area contributed by atoms with Gasteiger partial charge in [0.15, 0.2) is 5.28 Å². The fourth-order valence-electron chi connectivity index (χ4n) is 4.32. The molecule has 0 aromatic heterocycles. The summed E-state index contributed by atoms with van der Waals surface area (Å²) >= 11 is 7.54. The average Bonchev–Trinajstić information content (AvgIpc) is 2.91. The van der Waals surface area contributed by atoms with Gasteiger partial charge < -0.3 is 0 Å². The fraction of sp³-hybridized carbons (Fsp3) is 0.400. The van der Waals surface area contributed by atoms with Gasteiger partial charge >= 0.3 is 0 Å². The standard InChI is InChI=1S/C20H28ClN2PSi2/c1-25(2,3)20(26(4,5)6)23-22-19(24(20)21,17-13-9-7-10-14-17)18-15-11-8-12-16-18/h7-16H,1-6H3/t24-/m0/s1. The lowest BCUT2D eigenvalue weighted by atomic mass is 9.99. The number of hydrogen-bond donors (Lipinski definition) is 0. The smallest absolute Gasteiger partial charge is 0.166 e. The van der Waals surface area contributed by atoms with Gasteiger partial charge in [-0.3, -0.25) is 0 Å². The lowest BCUT2D eigenvalue weighted by Gasteiger charge is -2.50. The molecule has 138 valence electrons. The molecule has 0 saturated carbocycles. The van der Waals surface area contributed by atoms with Crippen molar-refractivity contribution < 1.29 is 0 Å². The van der Waals surface area contributed by atoms with Crippen LogP contribution in [0.25, 0.3) is 0 Å². The van der Waals surface area contributed by atoms with Crippen LogP contribution in [0.15, 0.2) is 70.9 Å². The van der Waals surface area contributed by atoms with Crippen LogP contribution in [0.2, 0.25) is 39.3 Å². The molecule has 2 aromatic carbocycles. The molecule has 1 atom stereocenters. The maximum Gasteiger partial charge on any atom is 0.166 e. The zero-order valence-corrected chi connectivity index (χ0v) is 20.1. The summed E-state index contributed by atoms with van der Waals surface area (Å²) in [5, 5.41) is 9.65. The number of nitrogens with zero attached hydrogens (tertiary/aromatic N) is 2. The third kappa shape index (κ3) is 2.77. The number of azo groups is 1. The van der Waals surface area contributed by atoms with Crippen LogP contribution < -0.4 is 0 Å².